The summed E-state index contributed by atoms with van der Waals surface area (Å²) in [5, 5.41) is 10.6. The van der Waals surface area contributed by atoms with E-state index in [0.717, 1.165) is 59.8 Å². The van der Waals surface area contributed by atoms with Crippen molar-refractivity contribution in [2.24, 2.45) is 0 Å². The Morgan fingerprint density at radius 1 is 0.426 bits per heavy atom. The van der Waals surface area contributed by atoms with E-state index in [2.05, 4.69) is 193 Å². The molecule has 5 heteroatoms. The van der Waals surface area contributed by atoms with Crippen molar-refractivity contribution in [1.29, 1.82) is 0 Å². The topological polar surface area (TPSA) is 43.9 Å². The van der Waals surface area contributed by atoms with Crippen LogP contribution in [0.1, 0.15) is 22.3 Å². The molecule has 0 amide bonds. The molecule has 0 bridgehead atoms. The van der Waals surface area contributed by atoms with Gasteiger partial charge in [0.15, 0.2) is 0 Å². The van der Waals surface area contributed by atoms with Gasteiger partial charge in [0, 0.05) is 37.2 Å². The number of benzene rings is 9. The van der Waals surface area contributed by atoms with Crippen molar-refractivity contribution in [2.45, 2.75) is 0 Å². The zero-order valence-electron chi connectivity index (χ0n) is 32.6. The first kappa shape index (κ1) is 33.0. The second-order valence-corrected chi connectivity index (χ2v) is 17.1. The van der Waals surface area contributed by atoms with Gasteiger partial charge in [-0.25, -0.2) is 9.97 Å². The van der Waals surface area contributed by atoms with Gasteiger partial charge in [-0.1, -0.05) is 146 Å². The van der Waals surface area contributed by atoms with Crippen molar-refractivity contribution < 1.29 is 4.42 Å². The van der Waals surface area contributed by atoms with Crippen LogP contribution in [0.5, 0.6) is 0 Å². The first-order chi connectivity index (χ1) is 30.2. The molecule has 0 spiro atoms. The molecule has 0 atom stereocenters. The molecule has 9 aromatic carbocycles. The fraction of sp³-hybridized carbons (Fsp3) is 0. The first-order valence-corrected chi connectivity index (χ1v) is 21.5. The van der Waals surface area contributed by atoms with Crippen LogP contribution in [-0.4, -0.2) is 14.5 Å². The van der Waals surface area contributed by atoms with Gasteiger partial charge in [-0.15, -0.1) is 11.3 Å². The first-order valence-electron chi connectivity index (χ1n) is 20.6. The number of rotatable bonds is 4. The van der Waals surface area contributed by atoms with Crippen molar-refractivity contribution in [3.05, 3.63) is 210 Å². The molecular weight excluding hydrogens is 763 g/mol. The third kappa shape index (κ3) is 4.64. The van der Waals surface area contributed by atoms with Crippen molar-refractivity contribution >= 4 is 108 Å². The van der Waals surface area contributed by atoms with Crippen molar-refractivity contribution in [3.8, 4) is 17.2 Å². The van der Waals surface area contributed by atoms with E-state index in [1.165, 1.54) is 70.4 Å². The van der Waals surface area contributed by atoms with E-state index in [0.29, 0.717) is 5.95 Å². The minimum atomic E-state index is 0.644. The molecule has 0 aliphatic heterocycles. The van der Waals surface area contributed by atoms with E-state index >= 15 is 0 Å². The lowest BCUT2D eigenvalue weighted by Gasteiger charge is -2.19. The van der Waals surface area contributed by atoms with Crippen LogP contribution in [0.4, 0.5) is 0 Å². The minimum absolute atomic E-state index is 0.644. The lowest BCUT2D eigenvalue weighted by atomic mass is 9.85. The second-order valence-electron chi connectivity index (χ2n) is 16.0. The molecule has 14 rings (SSSR count). The van der Waals surface area contributed by atoms with Crippen LogP contribution in [0.3, 0.4) is 0 Å². The smallest absolute Gasteiger partial charge is 0.235 e. The van der Waals surface area contributed by atoms with E-state index in [4.69, 9.17) is 14.4 Å². The van der Waals surface area contributed by atoms with E-state index in [-0.39, 0.29) is 0 Å². The van der Waals surface area contributed by atoms with Gasteiger partial charge in [0.1, 0.15) is 11.2 Å². The Balaban J connectivity index is 1.09. The normalized spacial score (nSPS) is 12.9. The number of nitrogens with zero attached hydrogens (tertiary/aromatic N) is 3. The third-order valence-electron chi connectivity index (χ3n) is 12.7. The van der Waals surface area contributed by atoms with Crippen molar-refractivity contribution in [1.82, 2.24) is 14.5 Å². The summed E-state index contributed by atoms with van der Waals surface area (Å²) < 4.78 is 11.2. The molecule has 1 aliphatic rings. The van der Waals surface area contributed by atoms with Gasteiger partial charge >= 0.3 is 0 Å². The highest BCUT2D eigenvalue weighted by Gasteiger charge is 2.29. The molecule has 0 saturated heterocycles. The van der Waals surface area contributed by atoms with Crippen LogP contribution in [0.2, 0.25) is 0 Å². The van der Waals surface area contributed by atoms with Gasteiger partial charge in [-0.3, -0.25) is 4.57 Å². The molecule has 1 aliphatic carbocycles. The summed E-state index contributed by atoms with van der Waals surface area (Å²) in [5.41, 5.74) is 13.9. The summed E-state index contributed by atoms with van der Waals surface area (Å²) in [6.45, 7) is 0. The number of thiophene rings is 1. The number of furan rings is 1. The average Bonchev–Trinajstić information content (AvgIpc) is 3.96. The molecule has 4 aromatic heterocycles. The number of fused-ring (bicyclic) bond motifs is 7. The summed E-state index contributed by atoms with van der Waals surface area (Å²) >= 11 is 1.75. The zero-order chi connectivity index (χ0) is 39.8. The Morgan fingerprint density at radius 3 is 1.89 bits per heavy atom. The van der Waals surface area contributed by atoms with Crippen LogP contribution in [-0.2, 0) is 0 Å². The highest BCUT2D eigenvalue weighted by Crippen LogP contribution is 2.50. The molecule has 4 heterocycles. The Hall–Kier alpha value is -7.86. The lowest BCUT2D eigenvalue weighted by Crippen LogP contribution is -2.03. The summed E-state index contributed by atoms with van der Waals surface area (Å²) in [4.78, 5) is 11.2. The Labute approximate surface area is 352 Å². The van der Waals surface area contributed by atoms with Crippen LogP contribution >= 0.6 is 11.3 Å². The van der Waals surface area contributed by atoms with E-state index in [1.54, 1.807) is 11.3 Å². The van der Waals surface area contributed by atoms with E-state index in [1.807, 2.05) is 0 Å². The van der Waals surface area contributed by atoms with Gasteiger partial charge in [-0.05, 0) is 97.4 Å². The highest BCUT2D eigenvalue weighted by molar-refractivity contribution is 7.26. The highest BCUT2D eigenvalue weighted by atomic mass is 32.1. The summed E-state index contributed by atoms with van der Waals surface area (Å²) in [6.07, 6.45) is 0. The molecule has 13 aromatic rings. The van der Waals surface area contributed by atoms with Crippen LogP contribution < -0.4 is 0 Å². The van der Waals surface area contributed by atoms with E-state index < -0.39 is 0 Å². The van der Waals surface area contributed by atoms with Crippen molar-refractivity contribution in [3.63, 3.8) is 0 Å². The largest absolute Gasteiger partial charge is 0.456 e. The predicted molar refractivity (Wildman–Crippen MR) is 255 cm³/mol. The zero-order valence-corrected chi connectivity index (χ0v) is 33.4. The van der Waals surface area contributed by atoms with Gasteiger partial charge in [0.25, 0.3) is 0 Å². The number of aromatic nitrogens is 3. The molecule has 0 unspecified atom stereocenters. The van der Waals surface area contributed by atoms with Gasteiger partial charge in [0.05, 0.1) is 26.9 Å². The molecule has 61 heavy (non-hydrogen) atoms. The Morgan fingerprint density at radius 2 is 1.08 bits per heavy atom. The summed E-state index contributed by atoms with van der Waals surface area (Å²) in [6, 6.07) is 67.8. The Kier molecular flexibility index (Phi) is 6.68. The quantitative estimate of drug-likeness (QED) is 0.178. The fourth-order valence-electron chi connectivity index (χ4n) is 10.1. The summed E-state index contributed by atoms with van der Waals surface area (Å²) in [7, 11) is 0. The number of hydrogen-bond donors (Lipinski definition) is 0. The average molecular weight is 794 g/mol. The van der Waals surface area contributed by atoms with Gasteiger partial charge in [-0.2, -0.15) is 0 Å². The second kappa shape index (κ2) is 12.3. The fourth-order valence-corrected chi connectivity index (χ4v) is 11.3. The lowest BCUT2D eigenvalue weighted by molar-refractivity contribution is 0.669. The minimum Gasteiger partial charge on any atom is -0.456 e. The summed E-state index contributed by atoms with van der Waals surface area (Å²) in [5.74, 6) is 0.644. The predicted octanol–water partition coefficient (Wildman–Crippen LogP) is 15.1. The van der Waals surface area contributed by atoms with Crippen molar-refractivity contribution in [2.75, 3.05) is 0 Å². The van der Waals surface area contributed by atoms with Gasteiger partial charge in [0.2, 0.25) is 5.95 Å². The maximum atomic E-state index is 6.62. The van der Waals surface area contributed by atoms with Crippen LogP contribution in [0.25, 0.3) is 114 Å². The monoisotopic (exact) mass is 793 g/mol. The standard InChI is InChI=1S/C56H31N3OS/c1-3-13-32(14-4-1)48-40-21-11-19-34-26-28-44-52(50(34)40)51-41(49(48)33-15-5-2-6-16-33)22-12-23-43(51)59(44)56-57-53(55-54(58-56)39-20-9-10-24-47(39)61-55)37-25-27-38-42-29-35-17-7-8-18-36(35)30-46(42)60-45(38)31-37/h1-31H. The molecule has 282 valence electrons. The third-order valence-corrected chi connectivity index (χ3v) is 13.9. The van der Waals surface area contributed by atoms with Gasteiger partial charge < -0.3 is 4.42 Å². The molecule has 4 nitrogen and oxygen atoms in total. The maximum absolute atomic E-state index is 6.62. The number of hydrogen-bond acceptors (Lipinski definition) is 4. The van der Waals surface area contributed by atoms with Crippen LogP contribution in [0.15, 0.2) is 192 Å². The molecule has 0 fully saturated rings. The molecule has 0 saturated carbocycles. The Bertz CT molecular complexity index is 4040. The van der Waals surface area contributed by atoms with E-state index in [9.17, 15) is 0 Å². The molecule has 0 N–H and O–H groups in total. The maximum Gasteiger partial charge on any atom is 0.235 e. The van der Waals surface area contributed by atoms with Crippen LogP contribution in [0, 0.1) is 0 Å². The molecule has 0 radical (unpaired) electrons. The SMILES string of the molecule is c1ccc(C2=C(c3ccccc3)c3cccc4c3c3c5c2cccc5ccc3n4-c2nc(-c3ccc4c(c3)oc3cc5ccccc5cc34)c3sc4ccccc4c3n2)cc1. The molecular formula is C56H31N3OS.